The van der Waals surface area contributed by atoms with Crippen molar-refractivity contribution in [3.63, 3.8) is 0 Å². The standard InChI is InChI=1S/C13H17NO2/c1-3-15-12-8-4-5-9-13(12)16-11-7-6-10-14-2/h4-5,8-9,14H,3,10-11H2,1-2H3. The molecule has 0 fully saturated rings. The molecule has 16 heavy (non-hydrogen) atoms. The molecule has 0 aliphatic carbocycles. The van der Waals surface area contributed by atoms with E-state index in [-0.39, 0.29) is 0 Å². The van der Waals surface area contributed by atoms with Gasteiger partial charge in [0.25, 0.3) is 0 Å². The molecule has 86 valence electrons. The van der Waals surface area contributed by atoms with Gasteiger partial charge in [-0.2, -0.15) is 0 Å². The predicted molar refractivity (Wildman–Crippen MR) is 64.8 cm³/mol. The number of para-hydroxylation sites is 2. The van der Waals surface area contributed by atoms with Gasteiger partial charge in [-0.15, -0.1) is 0 Å². The molecule has 0 atom stereocenters. The number of hydrogen-bond donors (Lipinski definition) is 1. The highest BCUT2D eigenvalue weighted by Crippen LogP contribution is 2.25. The summed E-state index contributed by atoms with van der Waals surface area (Å²) in [6, 6.07) is 7.61. The lowest BCUT2D eigenvalue weighted by Crippen LogP contribution is -2.05. The van der Waals surface area contributed by atoms with E-state index in [2.05, 4.69) is 17.2 Å². The molecule has 1 N–H and O–H groups in total. The maximum Gasteiger partial charge on any atom is 0.162 e. The molecule has 0 unspecified atom stereocenters. The third kappa shape index (κ3) is 4.24. The van der Waals surface area contributed by atoms with Gasteiger partial charge in [0.05, 0.1) is 13.2 Å². The van der Waals surface area contributed by atoms with Crippen LogP contribution in [-0.2, 0) is 0 Å². The van der Waals surface area contributed by atoms with Gasteiger partial charge in [0.1, 0.15) is 6.61 Å². The van der Waals surface area contributed by atoms with Crippen LogP contribution in [0.4, 0.5) is 0 Å². The Morgan fingerprint density at radius 1 is 1.12 bits per heavy atom. The fourth-order valence-electron chi connectivity index (χ4n) is 1.16. The van der Waals surface area contributed by atoms with Crippen LogP contribution in [0, 0.1) is 11.8 Å². The van der Waals surface area contributed by atoms with Gasteiger partial charge in [-0.25, -0.2) is 0 Å². The van der Waals surface area contributed by atoms with E-state index < -0.39 is 0 Å². The lowest BCUT2D eigenvalue weighted by Gasteiger charge is -2.09. The van der Waals surface area contributed by atoms with E-state index in [1.165, 1.54) is 0 Å². The van der Waals surface area contributed by atoms with E-state index in [0.29, 0.717) is 19.8 Å². The zero-order valence-electron chi connectivity index (χ0n) is 9.75. The summed E-state index contributed by atoms with van der Waals surface area (Å²) in [6.07, 6.45) is 0. The van der Waals surface area contributed by atoms with Gasteiger partial charge in [-0.3, -0.25) is 0 Å². The summed E-state index contributed by atoms with van der Waals surface area (Å²) in [5, 5.41) is 2.94. The molecular weight excluding hydrogens is 202 g/mol. The summed E-state index contributed by atoms with van der Waals surface area (Å²) in [7, 11) is 1.86. The second-order valence-corrected chi connectivity index (χ2v) is 3.05. The zero-order chi connectivity index (χ0) is 11.6. The Balaban J connectivity index is 2.50. The van der Waals surface area contributed by atoms with Crippen LogP contribution in [0.2, 0.25) is 0 Å². The molecule has 1 aromatic rings. The quantitative estimate of drug-likeness (QED) is 0.764. The van der Waals surface area contributed by atoms with Gasteiger partial charge in [0.15, 0.2) is 11.5 Å². The summed E-state index contributed by atoms with van der Waals surface area (Å²) >= 11 is 0. The van der Waals surface area contributed by atoms with E-state index in [1.807, 2.05) is 38.2 Å². The molecule has 0 aliphatic rings. The van der Waals surface area contributed by atoms with Crippen molar-refractivity contribution in [1.82, 2.24) is 5.32 Å². The molecule has 0 bridgehead atoms. The fraction of sp³-hybridized carbons (Fsp3) is 0.385. The van der Waals surface area contributed by atoms with Gasteiger partial charge in [0, 0.05) is 0 Å². The molecular formula is C13H17NO2. The maximum absolute atomic E-state index is 5.51. The van der Waals surface area contributed by atoms with Crippen LogP contribution >= 0.6 is 0 Å². The summed E-state index contributed by atoms with van der Waals surface area (Å²) in [5.41, 5.74) is 0. The third-order valence-corrected chi connectivity index (χ3v) is 1.84. The predicted octanol–water partition coefficient (Wildman–Crippen LogP) is 1.69. The van der Waals surface area contributed by atoms with Crippen molar-refractivity contribution in [3.05, 3.63) is 24.3 Å². The number of nitrogens with one attached hydrogen (secondary N) is 1. The Bertz CT molecular complexity index is 366. The highest BCUT2D eigenvalue weighted by atomic mass is 16.5. The Kier molecular flexibility index (Phi) is 5.90. The minimum Gasteiger partial charge on any atom is -0.490 e. The topological polar surface area (TPSA) is 30.5 Å². The largest absolute Gasteiger partial charge is 0.490 e. The molecule has 0 spiro atoms. The van der Waals surface area contributed by atoms with E-state index in [9.17, 15) is 0 Å². The SMILES string of the molecule is CCOc1ccccc1OCC#CCNC. The van der Waals surface area contributed by atoms with Crippen LogP contribution in [0.1, 0.15) is 6.92 Å². The first-order chi connectivity index (χ1) is 7.88. The molecule has 0 aromatic heterocycles. The fourth-order valence-corrected chi connectivity index (χ4v) is 1.16. The smallest absolute Gasteiger partial charge is 0.162 e. The van der Waals surface area contributed by atoms with Gasteiger partial charge >= 0.3 is 0 Å². The van der Waals surface area contributed by atoms with Crippen LogP contribution < -0.4 is 14.8 Å². The monoisotopic (exact) mass is 219 g/mol. The molecule has 0 aliphatic heterocycles. The summed E-state index contributed by atoms with van der Waals surface area (Å²) in [4.78, 5) is 0. The second kappa shape index (κ2) is 7.61. The van der Waals surface area contributed by atoms with Crippen molar-refractivity contribution in [2.45, 2.75) is 6.92 Å². The van der Waals surface area contributed by atoms with Gasteiger partial charge in [-0.1, -0.05) is 24.0 Å². The van der Waals surface area contributed by atoms with Crippen LogP contribution in [0.5, 0.6) is 11.5 Å². The molecule has 0 radical (unpaired) electrons. The number of hydrogen-bond acceptors (Lipinski definition) is 3. The summed E-state index contributed by atoms with van der Waals surface area (Å²) < 4.78 is 10.9. The molecule has 1 rings (SSSR count). The van der Waals surface area contributed by atoms with Gasteiger partial charge in [-0.05, 0) is 26.1 Å². The second-order valence-electron chi connectivity index (χ2n) is 3.05. The molecule has 0 saturated carbocycles. The van der Waals surface area contributed by atoms with Gasteiger partial charge in [0.2, 0.25) is 0 Å². The van der Waals surface area contributed by atoms with Crippen molar-refractivity contribution in [1.29, 1.82) is 0 Å². The minimum atomic E-state index is 0.381. The van der Waals surface area contributed by atoms with Crippen LogP contribution in [0.15, 0.2) is 24.3 Å². The molecule has 0 heterocycles. The Morgan fingerprint density at radius 3 is 2.44 bits per heavy atom. The molecule has 0 saturated heterocycles. The van der Waals surface area contributed by atoms with Crippen LogP contribution in [-0.4, -0.2) is 26.8 Å². The van der Waals surface area contributed by atoms with E-state index >= 15 is 0 Å². The lowest BCUT2D eigenvalue weighted by atomic mass is 10.3. The van der Waals surface area contributed by atoms with Crippen molar-refractivity contribution >= 4 is 0 Å². The third-order valence-electron chi connectivity index (χ3n) is 1.84. The summed E-state index contributed by atoms with van der Waals surface area (Å²) in [5.74, 6) is 7.35. The Labute approximate surface area is 96.8 Å². The highest BCUT2D eigenvalue weighted by Gasteiger charge is 2.01. The first-order valence-electron chi connectivity index (χ1n) is 5.33. The van der Waals surface area contributed by atoms with Gasteiger partial charge < -0.3 is 14.8 Å². The van der Waals surface area contributed by atoms with Crippen molar-refractivity contribution in [3.8, 4) is 23.3 Å². The normalized spacial score (nSPS) is 9.12. The van der Waals surface area contributed by atoms with E-state index in [4.69, 9.17) is 9.47 Å². The first kappa shape index (κ1) is 12.4. The number of rotatable bonds is 5. The Hall–Kier alpha value is -1.66. The van der Waals surface area contributed by atoms with Crippen molar-refractivity contribution in [2.75, 3.05) is 26.8 Å². The molecule has 3 nitrogen and oxygen atoms in total. The highest BCUT2D eigenvalue weighted by molar-refractivity contribution is 5.39. The van der Waals surface area contributed by atoms with E-state index in [1.54, 1.807) is 0 Å². The van der Waals surface area contributed by atoms with Crippen molar-refractivity contribution in [2.24, 2.45) is 0 Å². The average molecular weight is 219 g/mol. The van der Waals surface area contributed by atoms with Crippen LogP contribution in [0.3, 0.4) is 0 Å². The maximum atomic E-state index is 5.51. The first-order valence-corrected chi connectivity index (χ1v) is 5.33. The zero-order valence-corrected chi connectivity index (χ0v) is 9.75. The summed E-state index contributed by atoms with van der Waals surface area (Å²) in [6.45, 7) is 3.64. The minimum absolute atomic E-state index is 0.381. The van der Waals surface area contributed by atoms with Crippen molar-refractivity contribution < 1.29 is 9.47 Å². The average Bonchev–Trinajstić information content (AvgIpc) is 2.31. The number of ether oxygens (including phenoxy) is 2. The molecule has 3 heteroatoms. The van der Waals surface area contributed by atoms with Crippen LogP contribution in [0.25, 0.3) is 0 Å². The number of benzene rings is 1. The molecule has 1 aromatic carbocycles. The van der Waals surface area contributed by atoms with E-state index in [0.717, 1.165) is 11.5 Å². The Morgan fingerprint density at radius 2 is 1.81 bits per heavy atom. The molecule has 0 amide bonds. The lowest BCUT2D eigenvalue weighted by molar-refractivity contribution is 0.299.